The van der Waals surface area contributed by atoms with Gasteiger partial charge in [0.2, 0.25) is 0 Å². The Morgan fingerprint density at radius 1 is 0.703 bits per heavy atom. The lowest BCUT2D eigenvalue weighted by molar-refractivity contribution is 0.0690. The van der Waals surface area contributed by atoms with E-state index < -0.39 is 17.0 Å². The van der Waals surface area contributed by atoms with Gasteiger partial charge in [-0.1, -0.05) is 7.43 Å². The van der Waals surface area contributed by atoms with Crippen molar-refractivity contribution in [3.63, 3.8) is 0 Å². The van der Waals surface area contributed by atoms with E-state index in [1.165, 1.54) is 22.7 Å². The van der Waals surface area contributed by atoms with Gasteiger partial charge in [-0.3, -0.25) is 4.79 Å². The average molecular weight is 919 g/mol. The van der Waals surface area contributed by atoms with Gasteiger partial charge in [0.1, 0.15) is 5.69 Å². The molecule has 19 nitrogen and oxygen atoms in total. The first-order valence-corrected chi connectivity index (χ1v) is 22.9. The van der Waals surface area contributed by atoms with Crippen molar-refractivity contribution < 1.29 is 35.1 Å². The van der Waals surface area contributed by atoms with Crippen LogP contribution in [0.1, 0.15) is 66.9 Å². The van der Waals surface area contributed by atoms with Crippen LogP contribution in [-0.4, -0.2) is 155 Å². The maximum Gasteiger partial charge on any atom is 0.355 e. The van der Waals surface area contributed by atoms with Gasteiger partial charge in [-0.05, 0) is 62.8 Å². The first kappa shape index (κ1) is 46.6. The molecule has 1 amide bonds. The van der Waals surface area contributed by atoms with Crippen LogP contribution in [0.25, 0.3) is 11.0 Å². The first-order valence-electron chi connectivity index (χ1n) is 21.1. The largest absolute Gasteiger partial charge is 0.476 e. The number of carbonyl (C=O) groups excluding carboxylic acids is 1. The van der Waals surface area contributed by atoms with Crippen molar-refractivity contribution in [2.45, 2.75) is 69.2 Å². The second kappa shape index (κ2) is 20.2. The van der Waals surface area contributed by atoms with Gasteiger partial charge in [-0.15, -0.1) is 22.7 Å². The number of anilines is 4. The van der Waals surface area contributed by atoms with Crippen LogP contribution in [-0.2, 0) is 0 Å². The summed E-state index contributed by atoms with van der Waals surface area (Å²) in [6, 6.07) is 8.02. The standard InChI is InChI=1S/C21H26N6O3S.C12H16N4O.C9H12N2O3S.CH4/c28-14-21(5-10-27(13-21)18-17-2-1-7-25(17)11-6-22-18)24-19(30)16-12-31-20(23-16)26-8-3-15(29)4-9-26;13-12(9-17)3-6-16(8-12)11-10-2-1-5-15(10)7-4-14-11;12-6-1-3-11(4-2-6)9-10-7(5-15-9)8(13)14;/h1-2,6-7,11-12,15,28-29H,3-5,8-10,13-14H2,(H,24,30);1-2,4-5,7,17H,3,6,8-9,13H2;5-6,12H,1-4H2,(H,13,14);1H4/t21-;;;/m0.../s1. The smallest absolute Gasteiger partial charge is 0.355 e. The number of nitrogens with two attached hydrogens (primary N) is 1. The van der Waals surface area contributed by atoms with E-state index in [1.807, 2.05) is 62.8 Å². The Balaban J connectivity index is 0.000000157. The number of nitrogens with one attached hydrogen (secondary N) is 1. The minimum atomic E-state index is -0.991. The van der Waals surface area contributed by atoms with Crippen LogP contribution in [0.15, 0.2) is 72.2 Å². The topological polar surface area (TPSA) is 247 Å². The van der Waals surface area contributed by atoms with Crippen LogP contribution in [0.3, 0.4) is 0 Å². The molecule has 1 unspecified atom stereocenters. The van der Waals surface area contributed by atoms with Gasteiger partial charge < -0.3 is 65.0 Å². The van der Waals surface area contributed by atoms with E-state index in [0.29, 0.717) is 44.6 Å². The van der Waals surface area contributed by atoms with Crippen molar-refractivity contribution in [3.05, 3.63) is 83.6 Å². The third kappa shape index (κ3) is 10.4. The molecule has 10 heterocycles. The van der Waals surface area contributed by atoms with E-state index in [9.17, 15) is 30.0 Å². The number of aliphatic hydroxyl groups excluding tert-OH is 4. The van der Waals surface area contributed by atoms with Crippen molar-refractivity contribution in [1.29, 1.82) is 0 Å². The van der Waals surface area contributed by atoms with Gasteiger partial charge in [0.15, 0.2) is 27.6 Å². The van der Waals surface area contributed by atoms with E-state index >= 15 is 0 Å². The molecule has 4 fully saturated rings. The molecule has 6 aromatic rings. The second-order valence-corrected chi connectivity index (χ2v) is 18.3. The number of hydrogen-bond donors (Lipinski definition) is 7. The Bertz CT molecular complexity index is 2480. The highest BCUT2D eigenvalue weighted by Gasteiger charge is 2.41. The molecule has 0 aliphatic carbocycles. The fourth-order valence-corrected chi connectivity index (χ4v) is 10.1. The number of carbonyl (C=O) groups is 2. The van der Waals surface area contributed by atoms with Crippen molar-refractivity contribution in [2.75, 3.05) is 85.2 Å². The number of carboxylic acid groups (broad SMARTS) is 1. The molecule has 0 aromatic carbocycles. The summed E-state index contributed by atoms with van der Waals surface area (Å²) < 4.78 is 4.05. The summed E-state index contributed by atoms with van der Waals surface area (Å²) in [5, 5.41) is 55.1. The number of rotatable bonds is 9. The van der Waals surface area contributed by atoms with Gasteiger partial charge in [0.05, 0.1) is 47.5 Å². The molecule has 0 saturated carbocycles. The van der Waals surface area contributed by atoms with E-state index in [1.54, 1.807) is 23.2 Å². The Hall–Kier alpha value is -5.42. The second-order valence-electron chi connectivity index (χ2n) is 16.6. The number of amides is 1. The Morgan fingerprint density at radius 3 is 1.69 bits per heavy atom. The molecule has 8 N–H and O–H groups in total. The fraction of sp³-hybridized carbons (Fsp3) is 0.488. The third-order valence-electron chi connectivity index (χ3n) is 12.1. The minimum absolute atomic E-state index is 0. The number of carboxylic acids is 1. The van der Waals surface area contributed by atoms with Crippen molar-refractivity contribution >= 4 is 67.5 Å². The number of nitrogens with zero attached hydrogens (tertiary/aromatic N) is 10. The zero-order valence-electron chi connectivity index (χ0n) is 34.8. The summed E-state index contributed by atoms with van der Waals surface area (Å²) in [7, 11) is 0. The summed E-state index contributed by atoms with van der Waals surface area (Å²) >= 11 is 2.77. The van der Waals surface area contributed by atoms with E-state index in [4.69, 9.17) is 10.8 Å². The van der Waals surface area contributed by atoms with Crippen LogP contribution in [0, 0.1) is 0 Å². The van der Waals surface area contributed by atoms with E-state index in [-0.39, 0.29) is 44.4 Å². The summed E-state index contributed by atoms with van der Waals surface area (Å²) in [6.45, 7) is 5.50. The average Bonchev–Trinajstić information content (AvgIpc) is 4.16. The number of hydrogen-bond acceptors (Lipinski definition) is 17. The van der Waals surface area contributed by atoms with Gasteiger partial charge in [-0.25, -0.2) is 24.7 Å². The fourth-order valence-electron chi connectivity index (χ4n) is 8.37. The van der Waals surface area contributed by atoms with E-state index in [2.05, 4.69) is 40.0 Å². The molecule has 4 saturated heterocycles. The molecule has 6 aromatic heterocycles. The minimum Gasteiger partial charge on any atom is -0.476 e. The zero-order valence-corrected chi connectivity index (χ0v) is 36.4. The van der Waals surface area contributed by atoms with E-state index in [0.717, 1.165) is 84.9 Å². The molecule has 0 spiro atoms. The summed E-state index contributed by atoms with van der Waals surface area (Å²) in [4.78, 5) is 49.5. The van der Waals surface area contributed by atoms with Gasteiger partial charge in [0, 0.05) is 100 Å². The zero-order chi connectivity index (χ0) is 44.1. The maximum atomic E-state index is 13.0. The highest BCUT2D eigenvalue weighted by Crippen LogP contribution is 2.31. The molecule has 0 bridgehead atoms. The van der Waals surface area contributed by atoms with Crippen LogP contribution < -0.4 is 30.7 Å². The van der Waals surface area contributed by atoms with Crippen molar-refractivity contribution in [3.8, 4) is 0 Å². The molecule has 4 aliphatic heterocycles. The summed E-state index contributed by atoms with van der Waals surface area (Å²) in [5.74, 6) is 0.525. The molecular formula is C43H58N12O7S2. The number of fused-ring (bicyclic) bond motifs is 2. The number of aromatic nitrogens is 6. The van der Waals surface area contributed by atoms with Crippen LogP contribution in [0.2, 0.25) is 0 Å². The molecule has 0 radical (unpaired) electrons. The van der Waals surface area contributed by atoms with Gasteiger partial charge in [-0.2, -0.15) is 0 Å². The lowest BCUT2D eigenvalue weighted by atomic mass is 10.00. The van der Waals surface area contributed by atoms with Gasteiger partial charge >= 0.3 is 5.97 Å². The molecule has 21 heteroatoms. The lowest BCUT2D eigenvalue weighted by Crippen LogP contribution is -2.53. The number of thiazole rings is 2. The Kier molecular flexibility index (Phi) is 14.7. The van der Waals surface area contributed by atoms with Gasteiger partial charge in [0.25, 0.3) is 5.91 Å². The Morgan fingerprint density at radius 2 is 1.20 bits per heavy atom. The van der Waals surface area contributed by atoms with Crippen molar-refractivity contribution in [2.24, 2.45) is 5.73 Å². The molecule has 344 valence electrons. The molecule has 10 rings (SSSR count). The normalized spacial score (nSPS) is 21.6. The highest BCUT2D eigenvalue weighted by molar-refractivity contribution is 7.14. The quantitative estimate of drug-likeness (QED) is 0.110. The molecule has 64 heavy (non-hydrogen) atoms. The number of piperidine rings is 2. The first-order chi connectivity index (χ1) is 30.4. The predicted octanol–water partition coefficient (Wildman–Crippen LogP) is 2.80. The highest BCUT2D eigenvalue weighted by atomic mass is 32.1. The number of aliphatic hydroxyl groups is 4. The number of aromatic carboxylic acids is 1. The molecule has 2 atom stereocenters. The molecule has 4 aliphatic rings. The third-order valence-corrected chi connectivity index (χ3v) is 13.9. The maximum absolute atomic E-state index is 13.0. The van der Waals surface area contributed by atoms with Crippen LogP contribution >= 0.6 is 22.7 Å². The summed E-state index contributed by atoms with van der Waals surface area (Å²) in [5.41, 5.74) is 7.40. The Labute approximate surface area is 379 Å². The predicted molar refractivity (Wildman–Crippen MR) is 248 cm³/mol. The summed E-state index contributed by atoms with van der Waals surface area (Å²) in [6.07, 6.45) is 15.2. The van der Waals surface area contributed by atoms with Crippen LogP contribution in [0.5, 0.6) is 0 Å². The SMILES string of the molecule is C.NC1(CO)CCN(c2nccn3cccc23)C1.O=C(N[C@@]1(CO)CCN(c2nccn3cccc23)C1)c1csc(N2CCC(O)CC2)n1.O=C(O)c1csc(N2CCC(O)CC2)n1. The van der Waals surface area contributed by atoms with Crippen LogP contribution in [0.4, 0.5) is 21.9 Å². The molecular weight excluding hydrogens is 861 g/mol. The monoisotopic (exact) mass is 918 g/mol. The lowest BCUT2D eigenvalue weighted by Gasteiger charge is -2.29. The van der Waals surface area contributed by atoms with Crippen molar-refractivity contribution in [1.82, 2.24) is 34.1 Å².